The van der Waals surface area contributed by atoms with E-state index in [2.05, 4.69) is 5.32 Å². The molecule has 2 aromatic carbocycles. The number of benzene rings is 2. The number of non-ortho nitro benzene ring substituents is 1. The van der Waals surface area contributed by atoms with E-state index in [-0.39, 0.29) is 17.8 Å². The molecule has 0 aliphatic heterocycles. The van der Waals surface area contributed by atoms with Crippen molar-refractivity contribution in [3.8, 4) is 5.75 Å². The fraction of sp³-hybridized carbons (Fsp3) is 0.158. The summed E-state index contributed by atoms with van der Waals surface area (Å²) in [5.74, 6) is -1.78. The van der Waals surface area contributed by atoms with Crippen LogP contribution < -0.4 is 10.1 Å². The number of nitro groups is 1. The Labute approximate surface area is 163 Å². The molecule has 0 fully saturated rings. The molecule has 29 heavy (non-hydrogen) atoms. The summed E-state index contributed by atoms with van der Waals surface area (Å²) in [4.78, 5) is 33.9. The van der Waals surface area contributed by atoms with Crippen molar-refractivity contribution in [1.29, 1.82) is 0 Å². The van der Waals surface area contributed by atoms with Crippen LogP contribution in [0.1, 0.15) is 5.56 Å². The van der Waals surface area contributed by atoms with Crippen LogP contribution in [0.4, 0.5) is 15.8 Å². The van der Waals surface area contributed by atoms with Crippen LogP contribution in [0.25, 0.3) is 11.0 Å². The van der Waals surface area contributed by atoms with Gasteiger partial charge in [0.25, 0.3) is 11.6 Å². The molecule has 0 aliphatic carbocycles. The number of carbonyl (C=O) groups excluding carboxylic acids is 2. The molecule has 9 nitrogen and oxygen atoms in total. The van der Waals surface area contributed by atoms with Crippen molar-refractivity contribution >= 4 is 34.2 Å². The zero-order chi connectivity index (χ0) is 21.0. The maximum atomic E-state index is 13.7. The van der Waals surface area contributed by atoms with Crippen LogP contribution in [0.5, 0.6) is 5.75 Å². The number of hydrogen-bond donors (Lipinski definition) is 1. The molecular formula is C19H15FN2O7. The van der Waals surface area contributed by atoms with E-state index < -0.39 is 29.2 Å². The van der Waals surface area contributed by atoms with Crippen molar-refractivity contribution in [3.63, 3.8) is 0 Å². The molecule has 10 heteroatoms. The molecule has 0 aliphatic rings. The number of furan rings is 1. The minimum Gasteiger partial charge on any atom is -0.497 e. The summed E-state index contributed by atoms with van der Waals surface area (Å²) in [5, 5.41) is 13.6. The van der Waals surface area contributed by atoms with Gasteiger partial charge < -0.3 is 19.2 Å². The van der Waals surface area contributed by atoms with Crippen LogP contribution in [-0.4, -0.2) is 30.5 Å². The number of methoxy groups -OCH3 is 1. The van der Waals surface area contributed by atoms with E-state index in [0.29, 0.717) is 22.3 Å². The maximum absolute atomic E-state index is 13.7. The van der Waals surface area contributed by atoms with Crippen LogP contribution in [0.15, 0.2) is 47.1 Å². The highest BCUT2D eigenvalue weighted by molar-refractivity contribution is 5.93. The lowest BCUT2D eigenvalue weighted by atomic mass is 10.1. The smallest absolute Gasteiger partial charge is 0.310 e. The van der Waals surface area contributed by atoms with Crippen molar-refractivity contribution in [2.75, 3.05) is 19.0 Å². The molecule has 0 spiro atoms. The van der Waals surface area contributed by atoms with Crippen LogP contribution in [0.2, 0.25) is 0 Å². The van der Waals surface area contributed by atoms with E-state index in [0.717, 1.165) is 18.2 Å². The number of hydrogen-bond acceptors (Lipinski definition) is 7. The van der Waals surface area contributed by atoms with Crippen LogP contribution in [0.3, 0.4) is 0 Å². The van der Waals surface area contributed by atoms with Gasteiger partial charge in [-0.3, -0.25) is 19.7 Å². The normalized spacial score (nSPS) is 10.6. The largest absolute Gasteiger partial charge is 0.497 e. The molecule has 1 heterocycles. The van der Waals surface area contributed by atoms with Crippen LogP contribution in [-0.2, 0) is 20.7 Å². The van der Waals surface area contributed by atoms with Gasteiger partial charge in [0.15, 0.2) is 6.61 Å². The fourth-order valence-corrected chi connectivity index (χ4v) is 2.59. The Bertz CT molecular complexity index is 1090. The number of nitro benzene ring substituents is 1. The number of carbonyl (C=O) groups is 2. The molecule has 0 radical (unpaired) electrons. The number of ether oxygens (including phenoxy) is 2. The van der Waals surface area contributed by atoms with Gasteiger partial charge >= 0.3 is 5.97 Å². The van der Waals surface area contributed by atoms with Crippen molar-refractivity contribution in [1.82, 2.24) is 0 Å². The number of esters is 1. The third-order valence-electron chi connectivity index (χ3n) is 4.00. The first-order valence-electron chi connectivity index (χ1n) is 8.31. The lowest BCUT2D eigenvalue weighted by molar-refractivity contribution is -0.384. The summed E-state index contributed by atoms with van der Waals surface area (Å²) in [6.07, 6.45) is 1.27. The molecular weight excluding hydrogens is 387 g/mol. The first-order chi connectivity index (χ1) is 13.9. The van der Waals surface area contributed by atoms with E-state index in [1.807, 2.05) is 0 Å². The molecule has 1 N–H and O–H groups in total. The van der Waals surface area contributed by atoms with Gasteiger partial charge in [-0.05, 0) is 18.2 Å². The van der Waals surface area contributed by atoms with Gasteiger partial charge in [0.05, 0.1) is 30.4 Å². The Balaban J connectivity index is 1.58. The summed E-state index contributed by atoms with van der Waals surface area (Å²) in [6, 6.07) is 7.83. The molecule has 3 aromatic rings. The molecule has 150 valence electrons. The first kappa shape index (κ1) is 19.8. The molecule has 0 saturated carbocycles. The third-order valence-corrected chi connectivity index (χ3v) is 4.00. The average molecular weight is 402 g/mol. The number of fused-ring (bicyclic) bond motifs is 1. The summed E-state index contributed by atoms with van der Waals surface area (Å²) in [7, 11) is 1.52. The maximum Gasteiger partial charge on any atom is 0.310 e. The van der Waals surface area contributed by atoms with Crippen molar-refractivity contribution in [2.45, 2.75) is 6.42 Å². The number of rotatable bonds is 7. The van der Waals surface area contributed by atoms with Crippen molar-refractivity contribution < 1.29 is 32.8 Å². The van der Waals surface area contributed by atoms with E-state index in [1.54, 1.807) is 18.2 Å². The molecule has 1 aromatic heterocycles. The van der Waals surface area contributed by atoms with Gasteiger partial charge in [-0.1, -0.05) is 0 Å². The SMILES string of the molecule is COc1ccc2c(CC(=O)OCC(=O)Nc3cc([N+](=O)[O-])ccc3F)coc2c1. The zero-order valence-corrected chi connectivity index (χ0v) is 15.1. The number of halogens is 1. The summed E-state index contributed by atoms with van der Waals surface area (Å²) in [6.45, 7) is -0.676. The van der Waals surface area contributed by atoms with E-state index >= 15 is 0 Å². The Morgan fingerprint density at radius 3 is 2.76 bits per heavy atom. The fourth-order valence-electron chi connectivity index (χ4n) is 2.59. The first-order valence-corrected chi connectivity index (χ1v) is 8.31. The average Bonchev–Trinajstić information content (AvgIpc) is 3.09. The quantitative estimate of drug-likeness (QED) is 0.366. The number of nitrogens with one attached hydrogen (secondary N) is 1. The summed E-state index contributed by atoms with van der Waals surface area (Å²) >= 11 is 0. The van der Waals surface area contributed by atoms with Gasteiger partial charge in [-0.25, -0.2) is 4.39 Å². The summed E-state index contributed by atoms with van der Waals surface area (Å²) in [5.41, 5.74) is 0.334. The van der Waals surface area contributed by atoms with Gasteiger partial charge in [-0.15, -0.1) is 0 Å². The van der Waals surface area contributed by atoms with Crippen molar-refractivity contribution in [3.05, 3.63) is 64.2 Å². The molecule has 0 unspecified atom stereocenters. The highest BCUT2D eigenvalue weighted by atomic mass is 19.1. The van der Waals surface area contributed by atoms with E-state index in [1.165, 1.54) is 13.4 Å². The summed E-state index contributed by atoms with van der Waals surface area (Å²) < 4.78 is 29.0. The Hall–Kier alpha value is -3.95. The second-order valence-corrected chi connectivity index (χ2v) is 5.93. The van der Waals surface area contributed by atoms with Gasteiger partial charge in [0, 0.05) is 29.1 Å². The topological polar surface area (TPSA) is 121 Å². The Morgan fingerprint density at radius 1 is 1.24 bits per heavy atom. The highest BCUT2D eigenvalue weighted by Gasteiger charge is 2.16. The number of amides is 1. The predicted octanol–water partition coefficient (Wildman–Crippen LogP) is 3.21. The lowest BCUT2D eigenvalue weighted by Gasteiger charge is -2.07. The van der Waals surface area contributed by atoms with E-state index in [9.17, 15) is 24.1 Å². The molecule has 1 amide bonds. The standard InChI is InChI=1S/C19H15FN2O7/c1-27-13-3-4-14-11(9-28-17(14)8-13)6-19(24)29-10-18(23)21-16-7-12(22(25)26)2-5-15(16)20/h2-5,7-9H,6,10H2,1H3,(H,21,23). The zero-order valence-electron chi connectivity index (χ0n) is 15.1. The third kappa shape index (κ3) is 4.67. The lowest BCUT2D eigenvalue weighted by Crippen LogP contribution is -2.22. The number of anilines is 1. The highest BCUT2D eigenvalue weighted by Crippen LogP contribution is 2.26. The molecule has 3 rings (SSSR count). The van der Waals surface area contributed by atoms with Crippen LogP contribution in [0, 0.1) is 15.9 Å². The minimum atomic E-state index is -0.851. The monoisotopic (exact) mass is 402 g/mol. The Morgan fingerprint density at radius 2 is 2.03 bits per heavy atom. The van der Waals surface area contributed by atoms with Gasteiger partial charge in [0.1, 0.15) is 17.1 Å². The molecule has 0 saturated heterocycles. The van der Waals surface area contributed by atoms with Crippen molar-refractivity contribution in [2.24, 2.45) is 0 Å². The second kappa shape index (κ2) is 8.38. The van der Waals surface area contributed by atoms with Gasteiger partial charge in [-0.2, -0.15) is 0 Å². The van der Waals surface area contributed by atoms with Gasteiger partial charge in [0.2, 0.25) is 0 Å². The minimum absolute atomic E-state index is 0.141. The predicted molar refractivity (Wildman–Crippen MR) is 99.1 cm³/mol. The second-order valence-electron chi connectivity index (χ2n) is 5.93. The number of nitrogens with zero attached hydrogens (tertiary/aromatic N) is 1. The Kier molecular flexibility index (Phi) is 5.72. The molecule has 0 atom stereocenters. The molecule has 0 bridgehead atoms. The van der Waals surface area contributed by atoms with Crippen LogP contribution >= 0.6 is 0 Å². The van der Waals surface area contributed by atoms with E-state index in [4.69, 9.17) is 13.9 Å².